The highest BCUT2D eigenvalue weighted by molar-refractivity contribution is 14.1. The second-order valence-corrected chi connectivity index (χ2v) is 7.46. The molecule has 2 aromatic rings. The van der Waals surface area contributed by atoms with Gasteiger partial charge in [0.1, 0.15) is 5.75 Å². The van der Waals surface area contributed by atoms with Crippen LogP contribution in [0, 0.1) is 3.57 Å². The Kier molecular flexibility index (Phi) is 9.15. The van der Waals surface area contributed by atoms with E-state index in [1.165, 1.54) is 0 Å². The average molecular weight is 511 g/mol. The highest BCUT2D eigenvalue weighted by Gasteiger charge is 2.14. The van der Waals surface area contributed by atoms with Gasteiger partial charge in [-0.05, 0) is 65.5 Å². The van der Waals surface area contributed by atoms with Gasteiger partial charge in [0.05, 0.1) is 17.7 Å². The molecule has 8 heteroatoms. The van der Waals surface area contributed by atoms with Crippen LogP contribution in [0.3, 0.4) is 0 Å². The van der Waals surface area contributed by atoms with Crippen molar-refractivity contribution in [1.82, 2.24) is 16.2 Å². The third-order valence-corrected chi connectivity index (χ3v) is 4.92. The van der Waals surface area contributed by atoms with E-state index in [1.807, 2.05) is 18.2 Å². The van der Waals surface area contributed by atoms with Crippen LogP contribution < -0.4 is 20.9 Å². The number of benzene rings is 2. The topological polar surface area (TPSA) is 79.5 Å². The molecule has 0 bridgehead atoms. The monoisotopic (exact) mass is 511 g/mol. The molecule has 0 aromatic heterocycles. The molecular formula is C20H22IN3O3S. The second kappa shape index (κ2) is 11.6. The van der Waals surface area contributed by atoms with Crippen molar-refractivity contribution in [2.24, 2.45) is 0 Å². The summed E-state index contributed by atoms with van der Waals surface area (Å²) in [7, 11) is 0. The van der Waals surface area contributed by atoms with Crippen LogP contribution in [0.5, 0.6) is 5.75 Å². The van der Waals surface area contributed by atoms with Gasteiger partial charge in [-0.1, -0.05) is 44.0 Å². The van der Waals surface area contributed by atoms with Crippen LogP contribution in [0.25, 0.3) is 0 Å². The summed E-state index contributed by atoms with van der Waals surface area (Å²) in [4.78, 5) is 24.7. The van der Waals surface area contributed by atoms with E-state index in [4.69, 9.17) is 17.0 Å². The first-order valence-electron chi connectivity index (χ1n) is 8.91. The molecule has 2 amide bonds. The largest absolute Gasteiger partial charge is 0.493 e. The number of para-hydroxylation sites is 1. The number of ether oxygens (including phenoxy) is 1. The van der Waals surface area contributed by atoms with Gasteiger partial charge in [-0.15, -0.1) is 0 Å². The van der Waals surface area contributed by atoms with Gasteiger partial charge in [-0.2, -0.15) is 0 Å². The third-order valence-electron chi connectivity index (χ3n) is 3.77. The number of hydrogen-bond acceptors (Lipinski definition) is 4. The van der Waals surface area contributed by atoms with Gasteiger partial charge >= 0.3 is 0 Å². The molecule has 0 radical (unpaired) electrons. The van der Waals surface area contributed by atoms with Crippen molar-refractivity contribution in [3.63, 3.8) is 0 Å². The number of unbranched alkanes of at least 4 members (excludes halogenated alkanes) is 2. The summed E-state index contributed by atoms with van der Waals surface area (Å²) in [6.07, 6.45) is 3.10. The molecule has 0 aliphatic rings. The molecule has 0 saturated carbocycles. The lowest BCUT2D eigenvalue weighted by Gasteiger charge is -2.13. The van der Waals surface area contributed by atoms with E-state index in [1.54, 1.807) is 30.3 Å². The van der Waals surface area contributed by atoms with Gasteiger partial charge < -0.3 is 4.74 Å². The Morgan fingerprint density at radius 1 is 0.964 bits per heavy atom. The van der Waals surface area contributed by atoms with Crippen LogP contribution in [0.4, 0.5) is 0 Å². The third kappa shape index (κ3) is 6.75. The van der Waals surface area contributed by atoms with Gasteiger partial charge in [0.2, 0.25) is 0 Å². The summed E-state index contributed by atoms with van der Waals surface area (Å²) < 4.78 is 6.52. The van der Waals surface area contributed by atoms with Gasteiger partial charge in [-0.3, -0.25) is 25.8 Å². The van der Waals surface area contributed by atoms with Crippen LogP contribution in [0.15, 0.2) is 48.5 Å². The molecule has 0 saturated heterocycles. The average Bonchev–Trinajstić information content (AvgIpc) is 2.70. The fraction of sp³-hybridized carbons (Fsp3) is 0.250. The van der Waals surface area contributed by atoms with E-state index in [9.17, 15) is 9.59 Å². The van der Waals surface area contributed by atoms with Crippen molar-refractivity contribution in [1.29, 1.82) is 0 Å². The van der Waals surface area contributed by atoms with E-state index < -0.39 is 5.91 Å². The summed E-state index contributed by atoms with van der Waals surface area (Å²) in [5.74, 6) is -0.254. The van der Waals surface area contributed by atoms with E-state index in [-0.39, 0.29) is 11.0 Å². The normalized spacial score (nSPS) is 10.1. The Bertz CT molecular complexity index is 845. The number of rotatable bonds is 7. The number of amides is 2. The van der Waals surface area contributed by atoms with E-state index in [2.05, 4.69) is 45.7 Å². The molecule has 0 aliphatic heterocycles. The summed E-state index contributed by atoms with van der Waals surface area (Å²) >= 11 is 7.17. The van der Waals surface area contributed by atoms with E-state index >= 15 is 0 Å². The minimum absolute atomic E-state index is 0.00919. The molecule has 2 rings (SSSR count). The zero-order valence-corrected chi connectivity index (χ0v) is 18.4. The summed E-state index contributed by atoms with van der Waals surface area (Å²) in [6.45, 7) is 2.67. The Labute approximate surface area is 183 Å². The minimum Gasteiger partial charge on any atom is -0.493 e. The maximum atomic E-state index is 12.5. The van der Waals surface area contributed by atoms with Crippen LogP contribution in [-0.2, 0) is 0 Å². The molecule has 3 N–H and O–H groups in total. The van der Waals surface area contributed by atoms with Gasteiger partial charge in [0, 0.05) is 3.57 Å². The summed E-state index contributed by atoms with van der Waals surface area (Å²) in [5.41, 5.74) is 5.91. The SMILES string of the molecule is CCCCCOc1ccccc1C(=O)NC(=S)NNC(=O)c1ccccc1I. The Morgan fingerprint density at radius 2 is 1.64 bits per heavy atom. The van der Waals surface area contributed by atoms with Crippen LogP contribution >= 0.6 is 34.8 Å². The highest BCUT2D eigenvalue weighted by Crippen LogP contribution is 2.18. The van der Waals surface area contributed by atoms with Gasteiger partial charge in [0.15, 0.2) is 5.11 Å². The van der Waals surface area contributed by atoms with Crippen molar-refractivity contribution < 1.29 is 14.3 Å². The first kappa shape index (κ1) is 22.1. The first-order chi connectivity index (χ1) is 13.5. The molecule has 148 valence electrons. The highest BCUT2D eigenvalue weighted by atomic mass is 127. The molecule has 0 aliphatic carbocycles. The van der Waals surface area contributed by atoms with Crippen molar-refractivity contribution in [3.05, 3.63) is 63.2 Å². The van der Waals surface area contributed by atoms with Crippen LogP contribution in [-0.4, -0.2) is 23.5 Å². The number of nitrogens with one attached hydrogen (secondary N) is 3. The van der Waals surface area contributed by atoms with Crippen molar-refractivity contribution >= 4 is 51.7 Å². The smallest absolute Gasteiger partial charge is 0.270 e. The zero-order chi connectivity index (χ0) is 20.4. The maximum Gasteiger partial charge on any atom is 0.270 e. The first-order valence-corrected chi connectivity index (χ1v) is 10.4. The Morgan fingerprint density at radius 3 is 2.36 bits per heavy atom. The quantitative estimate of drug-likeness (QED) is 0.228. The summed E-state index contributed by atoms with van der Waals surface area (Å²) in [5, 5.41) is 2.54. The van der Waals surface area contributed by atoms with Gasteiger partial charge in [0.25, 0.3) is 11.8 Å². The predicted molar refractivity (Wildman–Crippen MR) is 121 cm³/mol. The lowest BCUT2D eigenvalue weighted by molar-refractivity contribution is 0.0933. The lowest BCUT2D eigenvalue weighted by Crippen LogP contribution is -2.48. The molecule has 2 aromatic carbocycles. The number of hydrazine groups is 1. The standard InChI is InChI=1S/C20H22IN3O3S/c1-2-3-8-13-27-17-12-7-5-10-15(17)18(25)22-20(28)24-23-19(26)14-9-4-6-11-16(14)21/h4-7,9-12H,2-3,8,13H2,1H3,(H,23,26)(H2,22,24,25,28). The van der Waals surface area contributed by atoms with Crippen LogP contribution in [0.2, 0.25) is 0 Å². The molecule has 6 nitrogen and oxygen atoms in total. The fourth-order valence-corrected chi connectivity index (χ4v) is 3.12. The number of thiocarbonyl (C=S) groups is 1. The lowest BCUT2D eigenvalue weighted by atomic mass is 10.2. The Hall–Kier alpha value is -2.20. The number of carbonyl (C=O) groups is 2. The summed E-state index contributed by atoms with van der Waals surface area (Å²) in [6, 6.07) is 14.1. The molecule has 0 fully saturated rings. The number of carbonyl (C=O) groups excluding carboxylic acids is 2. The number of halogens is 1. The minimum atomic E-state index is -0.410. The van der Waals surface area contributed by atoms with E-state index in [0.717, 1.165) is 22.8 Å². The Balaban J connectivity index is 1.89. The molecule has 28 heavy (non-hydrogen) atoms. The maximum absolute atomic E-state index is 12.5. The van der Waals surface area contributed by atoms with Crippen LogP contribution in [0.1, 0.15) is 46.9 Å². The van der Waals surface area contributed by atoms with Crippen molar-refractivity contribution in [3.8, 4) is 5.75 Å². The van der Waals surface area contributed by atoms with Gasteiger partial charge in [-0.25, -0.2) is 0 Å². The number of hydrogen-bond donors (Lipinski definition) is 3. The molecule has 0 unspecified atom stereocenters. The fourth-order valence-electron chi connectivity index (χ4n) is 2.34. The molecule has 0 heterocycles. The van der Waals surface area contributed by atoms with E-state index in [0.29, 0.717) is 23.5 Å². The molecule has 0 spiro atoms. The predicted octanol–water partition coefficient (Wildman–Crippen LogP) is 3.81. The molecule has 0 atom stereocenters. The van der Waals surface area contributed by atoms with Crippen molar-refractivity contribution in [2.75, 3.05) is 6.61 Å². The molecular weight excluding hydrogens is 489 g/mol. The zero-order valence-electron chi connectivity index (χ0n) is 15.5. The second-order valence-electron chi connectivity index (χ2n) is 5.89. The van der Waals surface area contributed by atoms with Crippen molar-refractivity contribution in [2.45, 2.75) is 26.2 Å².